The van der Waals surface area contributed by atoms with Crippen molar-refractivity contribution in [3.8, 4) is 11.5 Å². The summed E-state index contributed by atoms with van der Waals surface area (Å²) in [6.45, 7) is 3.97. The monoisotopic (exact) mass is 363 g/mol. The maximum Gasteiger partial charge on any atom is 0.253 e. The molecule has 0 spiro atoms. The van der Waals surface area contributed by atoms with Crippen LogP contribution in [0.2, 0.25) is 5.02 Å². The van der Waals surface area contributed by atoms with Gasteiger partial charge in [0.25, 0.3) is 5.91 Å². The van der Waals surface area contributed by atoms with E-state index in [0.717, 1.165) is 6.42 Å². The Labute approximate surface area is 152 Å². The zero-order chi connectivity index (χ0) is 18.4. The first-order valence-corrected chi connectivity index (χ1v) is 8.30. The molecule has 0 aliphatic carbocycles. The van der Waals surface area contributed by atoms with Crippen molar-refractivity contribution in [3.05, 3.63) is 41.2 Å². The summed E-state index contributed by atoms with van der Waals surface area (Å²) in [5.41, 5.74) is 1.79. The summed E-state index contributed by atoms with van der Waals surface area (Å²) in [5, 5.41) is 6.55. The number of ether oxygens (including phenoxy) is 2. The molecule has 1 atom stereocenters. The van der Waals surface area contributed by atoms with Crippen LogP contribution in [0.3, 0.4) is 0 Å². The van der Waals surface area contributed by atoms with Crippen molar-refractivity contribution in [2.24, 2.45) is 0 Å². The summed E-state index contributed by atoms with van der Waals surface area (Å²) in [6.07, 6.45) is 4.02. The Hall–Kier alpha value is -2.47. The fourth-order valence-corrected chi connectivity index (χ4v) is 2.39. The molecule has 134 valence electrons. The van der Waals surface area contributed by atoms with Crippen molar-refractivity contribution >= 4 is 28.9 Å². The summed E-state index contributed by atoms with van der Waals surface area (Å²) in [6, 6.07) is 5.22. The van der Waals surface area contributed by atoms with Crippen LogP contribution in [-0.2, 0) is 0 Å². The Bertz CT molecular complexity index is 752. The Kier molecular flexibility index (Phi) is 6.47. The molecule has 0 fully saturated rings. The minimum Gasteiger partial charge on any atom is -0.495 e. The van der Waals surface area contributed by atoms with Gasteiger partial charge in [0.05, 0.1) is 42.4 Å². The third-order valence-corrected chi connectivity index (χ3v) is 4.04. The van der Waals surface area contributed by atoms with Gasteiger partial charge >= 0.3 is 0 Å². The number of amides is 1. The highest BCUT2D eigenvalue weighted by Crippen LogP contribution is 2.37. The highest BCUT2D eigenvalue weighted by Gasteiger charge is 2.13. The lowest BCUT2D eigenvalue weighted by atomic mass is 10.2. The van der Waals surface area contributed by atoms with Crippen LogP contribution in [0.25, 0.3) is 0 Å². The number of pyridine rings is 1. The summed E-state index contributed by atoms with van der Waals surface area (Å²) in [5.74, 6) is 0.912. The predicted octanol–water partition coefficient (Wildman–Crippen LogP) is 4.02. The minimum atomic E-state index is -0.161. The molecule has 1 aromatic carbocycles. The van der Waals surface area contributed by atoms with Crippen molar-refractivity contribution in [2.45, 2.75) is 26.3 Å². The number of nitrogens with one attached hydrogen (secondary N) is 2. The van der Waals surface area contributed by atoms with Gasteiger partial charge in [-0.3, -0.25) is 9.78 Å². The molecular formula is C18H22ClN3O3. The van der Waals surface area contributed by atoms with Crippen LogP contribution in [0.15, 0.2) is 30.6 Å². The lowest BCUT2D eigenvalue weighted by Gasteiger charge is -2.15. The number of benzene rings is 1. The molecule has 1 aromatic heterocycles. The Morgan fingerprint density at radius 3 is 2.56 bits per heavy atom. The van der Waals surface area contributed by atoms with Crippen molar-refractivity contribution < 1.29 is 14.3 Å². The molecule has 0 saturated heterocycles. The van der Waals surface area contributed by atoms with Gasteiger partial charge in [-0.1, -0.05) is 18.5 Å². The lowest BCUT2D eigenvalue weighted by molar-refractivity contribution is 0.0939. The van der Waals surface area contributed by atoms with E-state index < -0.39 is 0 Å². The number of halogens is 1. The number of anilines is 2. The van der Waals surface area contributed by atoms with Crippen molar-refractivity contribution in [3.63, 3.8) is 0 Å². The molecule has 2 aromatic rings. The molecule has 0 saturated carbocycles. The molecule has 6 nitrogen and oxygen atoms in total. The van der Waals surface area contributed by atoms with E-state index in [2.05, 4.69) is 15.6 Å². The summed E-state index contributed by atoms with van der Waals surface area (Å²) < 4.78 is 10.6. The number of rotatable bonds is 7. The summed E-state index contributed by atoms with van der Waals surface area (Å²) in [4.78, 5) is 16.4. The average molecular weight is 364 g/mol. The molecule has 0 aliphatic rings. The molecule has 25 heavy (non-hydrogen) atoms. The van der Waals surface area contributed by atoms with Crippen LogP contribution in [-0.4, -0.2) is 31.2 Å². The van der Waals surface area contributed by atoms with E-state index in [1.807, 2.05) is 13.8 Å². The van der Waals surface area contributed by atoms with Gasteiger partial charge in [-0.05, 0) is 19.4 Å². The van der Waals surface area contributed by atoms with E-state index in [0.29, 0.717) is 33.5 Å². The topological polar surface area (TPSA) is 72.5 Å². The second kappa shape index (κ2) is 8.58. The Balaban J connectivity index is 2.26. The van der Waals surface area contributed by atoms with Gasteiger partial charge in [-0.25, -0.2) is 0 Å². The number of carbonyl (C=O) groups excluding carboxylic acids is 1. The van der Waals surface area contributed by atoms with Gasteiger partial charge in [-0.2, -0.15) is 0 Å². The quantitative estimate of drug-likeness (QED) is 0.777. The van der Waals surface area contributed by atoms with Crippen molar-refractivity contribution in [1.29, 1.82) is 0 Å². The van der Waals surface area contributed by atoms with E-state index in [9.17, 15) is 4.79 Å². The normalized spacial score (nSPS) is 11.6. The third kappa shape index (κ3) is 4.76. The first-order chi connectivity index (χ1) is 12.0. The SMILES string of the molecule is CCC(C)NC(=O)c1cncc(Nc2cc(OC)c(Cl)cc2OC)c1. The zero-order valence-corrected chi connectivity index (χ0v) is 15.5. The highest BCUT2D eigenvalue weighted by atomic mass is 35.5. The maximum absolute atomic E-state index is 12.2. The van der Waals surface area contributed by atoms with Crippen molar-refractivity contribution in [1.82, 2.24) is 10.3 Å². The number of aromatic nitrogens is 1. The Morgan fingerprint density at radius 2 is 1.92 bits per heavy atom. The molecule has 0 aliphatic heterocycles. The number of nitrogens with zero attached hydrogens (tertiary/aromatic N) is 1. The van der Waals surface area contributed by atoms with Gasteiger partial charge in [0.1, 0.15) is 11.5 Å². The number of hydrogen-bond acceptors (Lipinski definition) is 5. The predicted molar refractivity (Wildman–Crippen MR) is 99.3 cm³/mol. The van der Waals surface area contributed by atoms with Gasteiger partial charge in [0.15, 0.2) is 0 Å². The van der Waals surface area contributed by atoms with E-state index in [1.165, 1.54) is 6.20 Å². The van der Waals surface area contributed by atoms with Crippen LogP contribution in [0.1, 0.15) is 30.6 Å². The zero-order valence-electron chi connectivity index (χ0n) is 14.7. The molecule has 0 radical (unpaired) electrons. The summed E-state index contributed by atoms with van der Waals surface area (Å²) in [7, 11) is 3.09. The van der Waals surface area contributed by atoms with E-state index in [-0.39, 0.29) is 11.9 Å². The molecule has 0 bridgehead atoms. The standard InChI is InChI=1S/C18H22ClN3O3/c1-5-11(2)21-18(23)12-6-13(10-20-9-12)22-15-8-16(24-3)14(19)7-17(15)25-4/h6-11,22H,5H2,1-4H3,(H,21,23). The van der Waals surface area contributed by atoms with E-state index >= 15 is 0 Å². The third-order valence-electron chi connectivity index (χ3n) is 3.74. The molecule has 1 heterocycles. The van der Waals surface area contributed by atoms with Crippen LogP contribution in [0.4, 0.5) is 11.4 Å². The van der Waals surface area contributed by atoms with E-state index in [4.69, 9.17) is 21.1 Å². The first-order valence-electron chi connectivity index (χ1n) is 7.93. The number of carbonyl (C=O) groups is 1. The van der Waals surface area contributed by atoms with Crippen molar-refractivity contribution in [2.75, 3.05) is 19.5 Å². The van der Waals surface area contributed by atoms with Gasteiger partial charge < -0.3 is 20.1 Å². The smallest absolute Gasteiger partial charge is 0.253 e. The summed E-state index contributed by atoms with van der Waals surface area (Å²) >= 11 is 6.11. The minimum absolute atomic E-state index is 0.102. The van der Waals surface area contributed by atoms with Gasteiger partial charge in [0, 0.05) is 24.4 Å². The van der Waals surface area contributed by atoms with Crippen LogP contribution >= 0.6 is 11.6 Å². The molecular weight excluding hydrogens is 342 g/mol. The van der Waals surface area contributed by atoms with E-state index in [1.54, 1.807) is 38.6 Å². The molecule has 7 heteroatoms. The second-order valence-corrected chi connectivity index (χ2v) is 5.96. The number of hydrogen-bond donors (Lipinski definition) is 2. The van der Waals surface area contributed by atoms with Crippen LogP contribution in [0.5, 0.6) is 11.5 Å². The van der Waals surface area contributed by atoms with Gasteiger partial charge in [-0.15, -0.1) is 0 Å². The fraction of sp³-hybridized carbons (Fsp3) is 0.333. The second-order valence-electron chi connectivity index (χ2n) is 5.56. The van der Waals surface area contributed by atoms with Crippen LogP contribution in [0, 0.1) is 0 Å². The number of methoxy groups -OCH3 is 2. The highest BCUT2D eigenvalue weighted by molar-refractivity contribution is 6.32. The maximum atomic E-state index is 12.2. The first kappa shape index (κ1) is 18.9. The molecule has 1 amide bonds. The largest absolute Gasteiger partial charge is 0.495 e. The van der Waals surface area contributed by atoms with Crippen LogP contribution < -0.4 is 20.1 Å². The average Bonchev–Trinajstić information content (AvgIpc) is 2.62. The lowest BCUT2D eigenvalue weighted by Crippen LogP contribution is -2.31. The fourth-order valence-electron chi connectivity index (χ4n) is 2.16. The van der Waals surface area contributed by atoms with Gasteiger partial charge in [0.2, 0.25) is 0 Å². The molecule has 1 unspecified atom stereocenters. The molecule has 2 rings (SSSR count). The Morgan fingerprint density at radius 1 is 1.20 bits per heavy atom. The molecule has 2 N–H and O–H groups in total.